The van der Waals surface area contributed by atoms with Gasteiger partial charge in [0.2, 0.25) is 0 Å². The summed E-state index contributed by atoms with van der Waals surface area (Å²) in [5, 5.41) is 3.78. The van der Waals surface area contributed by atoms with Crippen molar-refractivity contribution < 1.29 is 8.91 Å². The number of nitrogens with zero attached hydrogens (tertiary/aromatic N) is 2. The molecule has 0 radical (unpaired) electrons. The highest BCUT2D eigenvalue weighted by Crippen LogP contribution is 2.19. The largest absolute Gasteiger partial charge is 0.334 e. The number of benzene rings is 1. The fourth-order valence-electron chi connectivity index (χ4n) is 1.28. The third-order valence-electron chi connectivity index (χ3n) is 2.30. The van der Waals surface area contributed by atoms with Gasteiger partial charge in [-0.3, -0.25) is 0 Å². The number of rotatable bonds is 3. The van der Waals surface area contributed by atoms with Crippen molar-refractivity contribution in [2.24, 2.45) is 5.73 Å². The highest BCUT2D eigenvalue weighted by atomic mass is 19.1. The molecule has 4 nitrogen and oxygen atoms in total. The van der Waals surface area contributed by atoms with Gasteiger partial charge in [-0.1, -0.05) is 12.1 Å². The average Bonchev–Trinajstić information content (AvgIpc) is 2.78. The smallest absolute Gasteiger partial charge is 0.257 e. The number of nitrogens with two attached hydrogens (primary N) is 1. The van der Waals surface area contributed by atoms with E-state index >= 15 is 0 Å². The molecular weight excluding hydrogens is 209 g/mol. The molecule has 1 aromatic heterocycles. The quantitative estimate of drug-likeness (QED) is 0.863. The average molecular weight is 221 g/mol. The monoisotopic (exact) mass is 221 g/mol. The Morgan fingerprint density at radius 3 is 2.69 bits per heavy atom. The van der Waals surface area contributed by atoms with E-state index in [1.165, 1.54) is 12.1 Å². The Kier molecular flexibility index (Phi) is 2.96. The molecule has 0 aliphatic rings. The van der Waals surface area contributed by atoms with E-state index in [9.17, 15) is 4.39 Å². The molecule has 1 aromatic carbocycles. The van der Waals surface area contributed by atoms with Crippen LogP contribution in [0.3, 0.4) is 0 Å². The third-order valence-corrected chi connectivity index (χ3v) is 2.30. The van der Waals surface area contributed by atoms with Gasteiger partial charge >= 0.3 is 0 Å². The molecule has 0 amide bonds. The summed E-state index contributed by atoms with van der Waals surface area (Å²) in [5.41, 5.74) is 6.45. The molecule has 0 fully saturated rings. The molecule has 5 heteroatoms. The van der Waals surface area contributed by atoms with E-state index in [1.807, 2.05) is 6.92 Å². The first-order chi connectivity index (χ1) is 7.70. The van der Waals surface area contributed by atoms with Crippen LogP contribution in [-0.2, 0) is 0 Å². The summed E-state index contributed by atoms with van der Waals surface area (Å²) < 4.78 is 17.8. The molecule has 0 saturated carbocycles. The standard InChI is InChI=1S/C11H12FN3O/c1-2-9(13)10-14-11(16-15-10)7-3-5-8(12)6-4-7/h3-6,9H,2,13H2,1H3. The van der Waals surface area contributed by atoms with Crippen molar-refractivity contribution in [1.82, 2.24) is 10.1 Å². The van der Waals surface area contributed by atoms with E-state index in [-0.39, 0.29) is 11.9 Å². The van der Waals surface area contributed by atoms with Gasteiger partial charge in [0, 0.05) is 5.56 Å². The molecule has 1 unspecified atom stereocenters. The van der Waals surface area contributed by atoms with Gasteiger partial charge < -0.3 is 10.3 Å². The van der Waals surface area contributed by atoms with Gasteiger partial charge in [0.25, 0.3) is 5.89 Å². The summed E-state index contributed by atoms with van der Waals surface area (Å²) in [6.45, 7) is 1.94. The summed E-state index contributed by atoms with van der Waals surface area (Å²) in [4.78, 5) is 4.16. The minimum absolute atomic E-state index is 0.224. The van der Waals surface area contributed by atoms with E-state index in [0.29, 0.717) is 17.3 Å². The van der Waals surface area contributed by atoms with Crippen molar-refractivity contribution in [2.45, 2.75) is 19.4 Å². The Morgan fingerprint density at radius 1 is 1.38 bits per heavy atom. The second-order valence-electron chi connectivity index (χ2n) is 3.48. The Labute approximate surface area is 92.3 Å². The van der Waals surface area contributed by atoms with E-state index in [2.05, 4.69) is 10.1 Å². The molecule has 0 spiro atoms. The van der Waals surface area contributed by atoms with Gasteiger partial charge in [0.15, 0.2) is 5.82 Å². The van der Waals surface area contributed by atoms with Gasteiger partial charge in [-0.05, 0) is 30.7 Å². The summed E-state index contributed by atoms with van der Waals surface area (Å²) >= 11 is 0. The fourth-order valence-corrected chi connectivity index (χ4v) is 1.28. The van der Waals surface area contributed by atoms with Crippen LogP contribution in [0.5, 0.6) is 0 Å². The highest BCUT2D eigenvalue weighted by molar-refractivity contribution is 5.52. The highest BCUT2D eigenvalue weighted by Gasteiger charge is 2.13. The molecule has 84 valence electrons. The zero-order valence-corrected chi connectivity index (χ0v) is 8.85. The lowest BCUT2D eigenvalue weighted by Gasteiger charge is -1.99. The fraction of sp³-hybridized carbons (Fsp3) is 0.273. The van der Waals surface area contributed by atoms with E-state index in [0.717, 1.165) is 6.42 Å². The van der Waals surface area contributed by atoms with Crippen LogP contribution in [0.15, 0.2) is 28.8 Å². The van der Waals surface area contributed by atoms with Crippen LogP contribution in [0, 0.1) is 5.82 Å². The molecule has 1 heterocycles. The SMILES string of the molecule is CCC(N)c1noc(-c2ccc(F)cc2)n1. The Hall–Kier alpha value is -1.75. The molecule has 1 atom stereocenters. The van der Waals surface area contributed by atoms with Crippen molar-refractivity contribution in [2.75, 3.05) is 0 Å². The summed E-state index contributed by atoms with van der Waals surface area (Å²) in [6, 6.07) is 5.64. The molecule has 0 saturated heterocycles. The zero-order valence-electron chi connectivity index (χ0n) is 8.85. The van der Waals surface area contributed by atoms with Crippen LogP contribution in [0.25, 0.3) is 11.5 Å². The van der Waals surface area contributed by atoms with Crippen LogP contribution in [0.4, 0.5) is 4.39 Å². The summed E-state index contributed by atoms with van der Waals surface area (Å²) in [5.74, 6) is 0.537. The molecule has 2 N–H and O–H groups in total. The minimum Gasteiger partial charge on any atom is -0.334 e. The van der Waals surface area contributed by atoms with Crippen LogP contribution >= 0.6 is 0 Å². The van der Waals surface area contributed by atoms with Crippen molar-refractivity contribution in [1.29, 1.82) is 0 Å². The van der Waals surface area contributed by atoms with Crippen LogP contribution < -0.4 is 5.73 Å². The predicted octanol–water partition coefficient (Wildman–Crippen LogP) is 2.29. The van der Waals surface area contributed by atoms with Crippen molar-refractivity contribution in [3.63, 3.8) is 0 Å². The lowest BCUT2D eigenvalue weighted by atomic mass is 10.2. The summed E-state index contributed by atoms with van der Waals surface area (Å²) in [7, 11) is 0. The number of halogens is 1. The van der Waals surface area contributed by atoms with Gasteiger partial charge in [0.05, 0.1) is 6.04 Å². The first-order valence-corrected chi connectivity index (χ1v) is 5.06. The van der Waals surface area contributed by atoms with Gasteiger partial charge in [-0.2, -0.15) is 4.98 Å². The van der Waals surface area contributed by atoms with Gasteiger partial charge in [-0.15, -0.1) is 0 Å². The van der Waals surface area contributed by atoms with E-state index < -0.39 is 0 Å². The van der Waals surface area contributed by atoms with Crippen molar-refractivity contribution in [3.05, 3.63) is 35.9 Å². The predicted molar refractivity (Wildman–Crippen MR) is 56.9 cm³/mol. The van der Waals surface area contributed by atoms with Crippen molar-refractivity contribution >= 4 is 0 Å². The maximum Gasteiger partial charge on any atom is 0.257 e. The molecule has 16 heavy (non-hydrogen) atoms. The number of hydrogen-bond donors (Lipinski definition) is 1. The normalized spacial score (nSPS) is 12.7. The maximum atomic E-state index is 12.7. The molecule has 0 aliphatic carbocycles. The molecule has 0 aliphatic heterocycles. The first-order valence-electron chi connectivity index (χ1n) is 5.06. The lowest BCUT2D eigenvalue weighted by Crippen LogP contribution is -2.10. The molecule has 2 rings (SSSR count). The zero-order chi connectivity index (χ0) is 11.5. The number of hydrogen-bond acceptors (Lipinski definition) is 4. The van der Waals surface area contributed by atoms with Crippen LogP contribution in [0.2, 0.25) is 0 Å². The van der Waals surface area contributed by atoms with Gasteiger partial charge in [-0.25, -0.2) is 4.39 Å². The molecule has 0 bridgehead atoms. The minimum atomic E-state index is -0.297. The summed E-state index contributed by atoms with van der Waals surface area (Å²) in [6.07, 6.45) is 0.738. The first kappa shape index (κ1) is 10.8. The molecular formula is C11H12FN3O. The lowest BCUT2D eigenvalue weighted by molar-refractivity contribution is 0.415. The second kappa shape index (κ2) is 4.40. The van der Waals surface area contributed by atoms with Crippen LogP contribution in [0.1, 0.15) is 25.2 Å². The topological polar surface area (TPSA) is 64.9 Å². The van der Waals surface area contributed by atoms with Crippen LogP contribution in [-0.4, -0.2) is 10.1 Å². The van der Waals surface area contributed by atoms with Gasteiger partial charge in [0.1, 0.15) is 5.82 Å². The number of aromatic nitrogens is 2. The second-order valence-corrected chi connectivity index (χ2v) is 3.48. The Balaban J connectivity index is 2.28. The Bertz CT molecular complexity index is 466. The van der Waals surface area contributed by atoms with Crippen molar-refractivity contribution in [3.8, 4) is 11.5 Å². The molecule has 2 aromatic rings. The third kappa shape index (κ3) is 2.09. The van der Waals surface area contributed by atoms with E-state index in [4.69, 9.17) is 10.3 Å². The maximum absolute atomic E-state index is 12.7. The Morgan fingerprint density at radius 2 is 2.06 bits per heavy atom. The van der Waals surface area contributed by atoms with E-state index in [1.54, 1.807) is 12.1 Å².